The van der Waals surface area contributed by atoms with Crippen molar-refractivity contribution in [3.63, 3.8) is 0 Å². The molecule has 0 saturated heterocycles. The average molecular weight is 294 g/mol. The second-order valence-corrected chi connectivity index (χ2v) is 4.93. The van der Waals surface area contributed by atoms with Crippen molar-refractivity contribution < 1.29 is 9.13 Å². The van der Waals surface area contributed by atoms with Crippen LogP contribution in [0, 0.1) is 5.82 Å². The molecule has 0 heterocycles. The van der Waals surface area contributed by atoms with E-state index in [0.29, 0.717) is 12.2 Å². The molecule has 2 aromatic carbocycles. The van der Waals surface area contributed by atoms with Crippen LogP contribution in [-0.4, -0.2) is 0 Å². The molecule has 106 valence electrons. The first kappa shape index (κ1) is 14.8. The van der Waals surface area contributed by atoms with Crippen molar-refractivity contribution in [2.24, 2.45) is 5.73 Å². The summed E-state index contributed by atoms with van der Waals surface area (Å²) in [7, 11) is 0. The highest BCUT2D eigenvalue weighted by atomic mass is 35.5. The SMILES string of the molecule is CCc1cc(OCc2ccc(F)c(CN)c2)ccc1Cl. The highest BCUT2D eigenvalue weighted by molar-refractivity contribution is 6.31. The fraction of sp³-hybridized carbons (Fsp3) is 0.250. The average Bonchev–Trinajstić information content (AvgIpc) is 2.47. The van der Waals surface area contributed by atoms with Gasteiger partial charge in [-0.15, -0.1) is 0 Å². The summed E-state index contributed by atoms with van der Waals surface area (Å²) in [6.07, 6.45) is 0.851. The lowest BCUT2D eigenvalue weighted by molar-refractivity contribution is 0.305. The normalized spacial score (nSPS) is 10.6. The van der Waals surface area contributed by atoms with Gasteiger partial charge >= 0.3 is 0 Å². The zero-order chi connectivity index (χ0) is 14.5. The summed E-state index contributed by atoms with van der Waals surface area (Å²) in [5, 5.41) is 0.743. The molecule has 0 aromatic heterocycles. The van der Waals surface area contributed by atoms with Gasteiger partial charge in [0.2, 0.25) is 0 Å². The van der Waals surface area contributed by atoms with Crippen molar-refractivity contribution in [1.82, 2.24) is 0 Å². The van der Waals surface area contributed by atoms with E-state index >= 15 is 0 Å². The topological polar surface area (TPSA) is 35.2 Å². The quantitative estimate of drug-likeness (QED) is 0.901. The van der Waals surface area contributed by atoms with E-state index in [-0.39, 0.29) is 12.4 Å². The predicted octanol–water partition coefficient (Wildman–Crippen LogP) is 4.08. The molecule has 0 aliphatic rings. The molecule has 0 amide bonds. The highest BCUT2D eigenvalue weighted by Crippen LogP contribution is 2.23. The molecule has 2 nitrogen and oxygen atoms in total. The molecule has 0 aliphatic carbocycles. The van der Waals surface area contributed by atoms with Crippen LogP contribution < -0.4 is 10.5 Å². The highest BCUT2D eigenvalue weighted by Gasteiger charge is 2.04. The first-order valence-electron chi connectivity index (χ1n) is 6.52. The number of hydrogen-bond donors (Lipinski definition) is 1. The van der Waals surface area contributed by atoms with Crippen LogP contribution in [0.2, 0.25) is 5.02 Å². The minimum Gasteiger partial charge on any atom is -0.489 e. The zero-order valence-corrected chi connectivity index (χ0v) is 12.1. The molecule has 0 bridgehead atoms. The maximum Gasteiger partial charge on any atom is 0.127 e. The van der Waals surface area contributed by atoms with Crippen LogP contribution >= 0.6 is 11.6 Å². The van der Waals surface area contributed by atoms with E-state index in [2.05, 4.69) is 0 Å². The minimum absolute atomic E-state index is 0.181. The Morgan fingerprint density at radius 1 is 1.15 bits per heavy atom. The Morgan fingerprint density at radius 2 is 1.95 bits per heavy atom. The van der Waals surface area contributed by atoms with Gasteiger partial charge < -0.3 is 10.5 Å². The van der Waals surface area contributed by atoms with Gasteiger partial charge in [-0.25, -0.2) is 4.39 Å². The minimum atomic E-state index is -0.281. The van der Waals surface area contributed by atoms with Gasteiger partial charge in [0.25, 0.3) is 0 Å². The summed E-state index contributed by atoms with van der Waals surface area (Å²) in [6, 6.07) is 10.4. The maximum absolute atomic E-state index is 13.3. The Bertz CT molecular complexity index is 548. The molecule has 4 heteroatoms. The van der Waals surface area contributed by atoms with Crippen molar-refractivity contribution in [2.45, 2.75) is 26.5 Å². The summed E-state index contributed by atoms with van der Waals surface area (Å²) >= 11 is 6.06. The van der Waals surface area contributed by atoms with Crippen molar-refractivity contribution in [3.05, 3.63) is 63.9 Å². The van der Waals surface area contributed by atoms with Gasteiger partial charge in [0.1, 0.15) is 18.2 Å². The summed E-state index contributed by atoms with van der Waals surface area (Å²) in [4.78, 5) is 0. The fourth-order valence-electron chi connectivity index (χ4n) is 1.95. The lowest BCUT2D eigenvalue weighted by atomic mass is 10.1. The van der Waals surface area contributed by atoms with E-state index in [1.54, 1.807) is 12.1 Å². The lowest BCUT2D eigenvalue weighted by Crippen LogP contribution is -2.03. The van der Waals surface area contributed by atoms with Gasteiger partial charge in [-0.05, 0) is 47.9 Å². The fourth-order valence-corrected chi connectivity index (χ4v) is 2.20. The van der Waals surface area contributed by atoms with Gasteiger partial charge in [-0.1, -0.05) is 24.6 Å². The van der Waals surface area contributed by atoms with Gasteiger partial charge in [0, 0.05) is 17.1 Å². The third kappa shape index (κ3) is 3.50. The zero-order valence-electron chi connectivity index (χ0n) is 11.3. The Morgan fingerprint density at radius 3 is 2.65 bits per heavy atom. The first-order valence-corrected chi connectivity index (χ1v) is 6.90. The number of rotatable bonds is 5. The second kappa shape index (κ2) is 6.73. The molecule has 2 rings (SSSR count). The van der Waals surface area contributed by atoms with Crippen LogP contribution in [0.25, 0.3) is 0 Å². The number of halogens is 2. The van der Waals surface area contributed by atoms with Crippen LogP contribution in [0.4, 0.5) is 4.39 Å². The molecule has 0 atom stereocenters. The molecule has 0 saturated carbocycles. The predicted molar refractivity (Wildman–Crippen MR) is 79.5 cm³/mol. The Balaban J connectivity index is 2.08. The van der Waals surface area contributed by atoms with E-state index < -0.39 is 0 Å². The number of benzene rings is 2. The number of aryl methyl sites for hydroxylation is 1. The third-order valence-corrected chi connectivity index (χ3v) is 3.50. The van der Waals surface area contributed by atoms with Gasteiger partial charge in [-0.3, -0.25) is 0 Å². The third-order valence-electron chi connectivity index (χ3n) is 3.13. The number of hydrogen-bond acceptors (Lipinski definition) is 2. The summed E-state index contributed by atoms with van der Waals surface area (Å²) < 4.78 is 19.0. The van der Waals surface area contributed by atoms with Crippen LogP contribution in [0.1, 0.15) is 23.6 Å². The summed E-state index contributed by atoms with van der Waals surface area (Å²) in [5.41, 5.74) is 7.92. The molecule has 2 N–H and O–H groups in total. The van der Waals surface area contributed by atoms with Gasteiger partial charge in [0.15, 0.2) is 0 Å². The molecular weight excluding hydrogens is 277 g/mol. The van der Waals surface area contributed by atoms with Crippen LogP contribution in [0.3, 0.4) is 0 Å². The van der Waals surface area contributed by atoms with E-state index in [1.165, 1.54) is 6.07 Å². The Hall–Kier alpha value is -1.58. The molecule has 0 radical (unpaired) electrons. The number of ether oxygens (including phenoxy) is 1. The van der Waals surface area contributed by atoms with Gasteiger partial charge in [0.05, 0.1) is 0 Å². The molecule has 0 fully saturated rings. The smallest absolute Gasteiger partial charge is 0.127 e. The largest absolute Gasteiger partial charge is 0.489 e. The number of nitrogens with two attached hydrogens (primary N) is 1. The first-order chi connectivity index (χ1) is 9.63. The Labute approximate surface area is 123 Å². The Kier molecular flexibility index (Phi) is 4.99. The van der Waals surface area contributed by atoms with E-state index in [9.17, 15) is 4.39 Å². The summed E-state index contributed by atoms with van der Waals surface area (Å²) in [6.45, 7) is 2.59. The second-order valence-electron chi connectivity index (χ2n) is 4.53. The van der Waals surface area contributed by atoms with E-state index in [0.717, 1.165) is 28.3 Å². The molecule has 2 aromatic rings. The molecule has 20 heavy (non-hydrogen) atoms. The maximum atomic E-state index is 13.3. The van der Waals surface area contributed by atoms with Crippen molar-refractivity contribution in [3.8, 4) is 5.75 Å². The molecule has 0 aliphatic heterocycles. The van der Waals surface area contributed by atoms with Crippen LogP contribution in [0.15, 0.2) is 36.4 Å². The standard InChI is InChI=1S/C16H17ClFNO/c1-2-12-8-14(4-5-15(12)17)20-10-11-3-6-16(18)13(7-11)9-19/h3-8H,2,9-10,19H2,1H3. The molecule has 0 unspecified atom stereocenters. The van der Waals surface area contributed by atoms with Crippen molar-refractivity contribution >= 4 is 11.6 Å². The monoisotopic (exact) mass is 293 g/mol. The lowest BCUT2D eigenvalue weighted by Gasteiger charge is -2.10. The molecular formula is C16H17ClFNO. The summed E-state index contributed by atoms with van der Waals surface area (Å²) in [5.74, 6) is 0.473. The van der Waals surface area contributed by atoms with Crippen LogP contribution in [-0.2, 0) is 19.6 Å². The van der Waals surface area contributed by atoms with Crippen molar-refractivity contribution in [2.75, 3.05) is 0 Å². The van der Waals surface area contributed by atoms with Crippen molar-refractivity contribution in [1.29, 1.82) is 0 Å². The van der Waals surface area contributed by atoms with E-state index in [4.69, 9.17) is 22.1 Å². The van der Waals surface area contributed by atoms with Crippen LogP contribution in [0.5, 0.6) is 5.75 Å². The van der Waals surface area contributed by atoms with E-state index in [1.807, 2.05) is 25.1 Å². The van der Waals surface area contributed by atoms with Gasteiger partial charge in [-0.2, -0.15) is 0 Å². The molecule has 0 spiro atoms.